The maximum Gasteiger partial charge on any atom is 0.228 e. The summed E-state index contributed by atoms with van der Waals surface area (Å²) in [6.45, 7) is 7.12. The summed E-state index contributed by atoms with van der Waals surface area (Å²) >= 11 is 0. The summed E-state index contributed by atoms with van der Waals surface area (Å²) in [4.78, 5) is 19.2. The Balaban J connectivity index is 1.40. The minimum absolute atomic E-state index is 0.0683. The van der Waals surface area contributed by atoms with Gasteiger partial charge in [-0.2, -0.15) is 0 Å². The zero-order chi connectivity index (χ0) is 19.7. The Morgan fingerprint density at radius 2 is 2.04 bits per heavy atom. The number of likely N-dealkylation sites (tertiary alicyclic amines) is 1. The molecule has 0 spiro atoms. The molecule has 1 aliphatic rings. The van der Waals surface area contributed by atoms with Crippen molar-refractivity contribution < 1.29 is 13.9 Å². The highest BCUT2D eigenvalue weighted by molar-refractivity contribution is 5.78. The molecule has 0 saturated carbocycles. The van der Waals surface area contributed by atoms with Gasteiger partial charge in [-0.1, -0.05) is 21.5 Å². The van der Waals surface area contributed by atoms with Gasteiger partial charge in [0.15, 0.2) is 0 Å². The number of carbonyl (C=O) groups excluding carboxylic acids is 1. The molecule has 146 valence electrons. The Bertz CT molecular complexity index is 974. The van der Waals surface area contributed by atoms with Crippen LogP contribution in [0.5, 0.6) is 0 Å². The summed E-state index contributed by atoms with van der Waals surface area (Å²) < 4.78 is 9.94. The lowest BCUT2D eigenvalue weighted by atomic mass is 10.0. The Labute approximate surface area is 162 Å². The van der Waals surface area contributed by atoms with Gasteiger partial charge >= 0.3 is 0 Å². The second-order valence-corrected chi connectivity index (χ2v) is 7.39. The van der Waals surface area contributed by atoms with Gasteiger partial charge < -0.3 is 9.42 Å². The van der Waals surface area contributed by atoms with E-state index in [1.54, 1.807) is 6.92 Å². The Morgan fingerprint density at radius 1 is 1.18 bits per heavy atom. The number of rotatable bonds is 5. The number of hydrogen-bond donors (Lipinski definition) is 0. The first-order chi connectivity index (χ1) is 13.5. The molecule has 0 aromatic carbocycles. The molecular formula is C20H23N5O3. The van der Waals surface area contributed by atoms with E-state index >= 15 is 0 Å². The summed E-state index contributed by atoms with van der Waals surface area (Å²) in [7, 11) is 0. The minimum Gasteiger partial charge on any atom is -0.361 e. The molecule has 3 aromatic heterocycles. The second-order valence-electron chi connectivity index (χ2n) is 7.39. The molecule has 0 radical (unpaired) electrons. The predicted octanol–water partition coefficient (Wildman–Crippen LogP) is 2.68. The molecule has 8 heteroatoms. The lowest BCUT2D eigenvalue weighted by Crippen LogP contribution is -2.30. The summed E-state index contributed by atoms with van der Waals surface area (Å²) in [6.07, 6.45) is 2.05. The highest BCUT2D eigenvalue weighted by Crippen LogP contribution is 2.27. The average Bonchev–Trinajstić information content (AvgIpc) is 3.37. The number of amides is 1. The number of pyridine rings is 1. The topological polar surface area (TPSA) is 98.2 Å². The molecule has 1 fully saturated rings. The summed E-state index contributed by atoms with van der Waals surface area (Å²) in [5, 5.41) is 11.6. The normalized spacial score (nSPS) is 16.7. The van der Waals surface area contributed by atoms with Gasteiger partial charge in [-0.15, -0.1) is 0 Å². The van der Waals surface area contributed by atoms with Crippen LogP contribution in [-0.4, -0.2) is 44.4 Å². The van der Waals surface area contributed by atoms with E-state index < -0.39 is 0 Å². The molecule has 0 N–H and O–H groups in total. The lowest BCUT2D eigenvalue weighted by Gasteiger charge is -2.16. The Hall–Kier alpha value is -3.03. The molecule has 3 aromatic rings. The molecule has 1 amide bonds. The molecule has 8 nitrogen and oxygen atoms in total. The Kier molecular flexibility index (Phi) is 4.93. The van der Waals surface area contributed by atoms with Crippen molar-refractivity contribution in [2.24, 2.45) is 5.92 Å². The SMILES string of the molecule is Cc1nonc1CC(=O)N1CC[C@H](Cc2cccc(-c3c(C)noc3C)n2)C1. The molecule has 1 atom stereocenters. The van der Waals surface area contributed by atoms with Crippen LogP contribution in [0, 0.1) is 26.7 Å². The fraction of sp³-hybridized carbons (Fsp3) is 0.450. The quantitative estimate of drug-likeness (QED) is 0.670. The first-order valence-electron chi connectivity index (χ1n) is 9.46. The fourth-order valence-corrected chi connectivity index (χ4v) is 3.77. The first-order valence-corrected chi connectivity index (χ1v) is 9.46. The van der Waals surface area contributed by atoms with Crippen LogP contribution in [0.25, 0.3) is 11.3 Å². The number of aromatic nitrogens is 4. The zero-order valence-electron chi connectivity index (χ0n) is 16.3. The van der Waals surface area contributed by atoms with Crippen molar-refractivity contribution in [1.82, 2.24) is 25.4 Å². The van der Waals surface area contributed by atoms with Crippen LogP contribution in [-0.2, 0) is 17.6 Å². The van der Waals surface area contributed by atoms with Crippen molar-refractivity contribution in [2.45, 2.75) is 40.0 Å². The molecule has 0 aliphatic carbocycles. The second kappa shape index (κ2) is 7.53. The number of nitrogens with zero attached hydrogens (tertiary/aromatic N) is 5. The third-order valence-corrected chi connectivity index (χ3v) is 5.30. The van der Waals surface area contributed by atoms with Gasteiger partial charge in [0.05, 0.1) is 23.4 Å². The summed E-state index contributed by atoms with van der Waals surface area (Å²) in [6, 6.07) is 6.03. The lowest BCUT2D eigenvalue weighted by molar-refractivity contribution is -0.129. The average molecular weight is 381 g/mol. The zero-order valence-corrected chi connectivity index (χ0v) is 16.3. The van der Waals surface area contributed by atoms with Gasteiger partial charge in [-0.05, 0) is 51.7 Å². The minimum atomic E-state index is 0.0683. The molecule has 4 rings (SSSR count). The standard InChI is InChI=1S/C20H23N5O3/c1-12-18(24-28-23-12)10-19(26)25-8-7-15(11-25)9-16-5-4-6-17(21-16)20-13(2)22-27-14(20)3/h4-6,15H,7-11H2,1-3H3/t15-/m1/s1. The van der Waals surface area contributed by atoms with Crippen molar-refractivity contribution in [3.63, 3.8) is 0 Å². The Morgan fingerprint density at radius 3 is 2.75 bits per heavy atom. The predicted molar refractivity (Wildman–Crippen MR) is 100 cm³/mol. The van der Waals surface area contributed by atoms with Crippen LogP contribution in [0.2, 0.25) is 0 Å². The van der Waals surface area contributed by atoms with E-state index in [0.29, 0.717) is 17.3 Å². The van der Waals surface area contributed by atoms with Crippen LogP contribution in [0.3, 0.4) is 0 Å². The van der Waals surface area contributed by atoms with Gasteiger partial charge in [0.2, 0.25) is 5.91 Å². The number of aryl methyl sites for hydroxylation is 3. The smallest absolute Gasteiger partial charge is 0.228 e. The first kappa shape index (κ1) is 18.3. The van der Waals surface area contributed by atoms with Gasteiger partial charge in [-0.25, -0.2) is 4.63 Å². The van der Waals surface area contributed by atoms with E-state index in [-0.39, 0.29) is 12.3 Å². The number of hydrogen-bond acceptors (Lipinski definition) is 7. The van der Waals surface area contributed by atoms with Gasteiger partial charge in [0.25, 0.3) is 0 Å². The van der Waals surface area contributed by atoms with E-state index in [4.69, 9.17) is 9.51 Å². The maximum absolute atomic E-state index is 12.5. The van der Waals surface area contributed by atoms with Gasteiger partial charge in [0, 0.05) is 18.8 Å². The van der Waals surface area contributed by atoms with E-state index in [9.17, 15) is 4.79 Å². The van der Waals surface area contributed by atoms with Gasteiger partial charge in [-0.3, -0.25) is 9.78 Å². The van der Waals surface area contributed by atoms with Crippen molar-refractivity contribution in [3.8, 4) is 11.3 Å². The molecular weight excluding hydrogens is 358 g/mol. The largest absolute Gasteiger partial charge is 0.361 e. The summed E-state index contributed by atoms with van der Waals surface area (Å²) in [5.41, 5.74) is 4.99. The van der Waals surface area contributed by atoms with E-state index in [2.05, 4.69) is 20.1 Å². The van der Waals surface area contributed by atoms with Crippen molar-refractivity contribution >= 4 is 5.91 Å². The molecule has 28 heavy (non-hydrogen) atoms. The van der Waals surface area contributed by atoms with Crippen LogP contribution in [0.4, 0.5) is 0 Å². The van der Waals surface area contributed by atoms with Crippen LogP contribution in [0.15, 0.2) is 27.4 Å². The molecule has 1 aliphatic heterocycles. The van der Waals surface area contributed by atoms with Crippen molar-refractivity contribution in [2.75, 3.05) is 13.1 Å². The van der Waals surface area contributed by atoms with Crippen molar-refractivity contribution in [3.05, 3.63) is 46.7 Å². The fourth-order valence-electron chi connectivity index (χ4n) is 3.77. The van der Waals surface area contributed by atoms with Crippen LogP contribution < -0.4 is 0 Å². The summed E-state index contributed by atoms with van der Waals surface area (Å²) in [5.74, 6) is 1.24. The van der Waals surface area contributed by atoms with Gasteiger partial charge in [0.1, 0.15) is 17.1 Å². The monoisotopic (exact) mass is 381 g/mol. The number of carbonyl (C=O) groups is 1. The molecule has 1 saturated heterocycles. The van der Waals surface area contributed by atoms with Crippen LogP contribution >= 0.6 is 0 Å². The third-order valence-electron chi connectivity index (χ3n) is 5.30. The highest BCUT2D eigenvalue weighted by atomic mass is 16.6. The highest BCUT2D eigenvalue weighted by Gasteiger charge is 2.27. The van der Waals surface area contributed by atoms with E-state index in [1.807, 2.05) is 36.9 Å². The molecule has 4 heterocycles. The van der Waals surface area contributed by atoms with Crippen molar-refractivity contribution in [1.29, 1.82) is 0 Å². The van der Waals surface area contributed by atoms with E-state index in [1.165, 1.54) is 0 Å². The molecule has 0 bridgehead atoms. The van der Waals surface area contributed by atoms with E-state index in [0.717, 1.165) is 54.3 Å². The van der Waals surface area contributed by atoms with Crippen LogP contribution in [0.1, 0.15) is 35.0 Å². The third kappa shape index (κ3) is 3.67. The maximum atomic E-state index is 12.5. The molecule has 0 unspecified atom stereocenters.